The van der Waals surface area contributed by atoms with Crippen molar-refractivity contribution in [3.63, 3.8) is 0 Å². The van der Waals surface area contributed by atoms with Crippen LogP contribution in [0.2, 0.25) is 5.02 Å². The van der Waals surface area contributed by atoms with Crippen LogP contribution in [-0.4, -0.2) is 13.0 Å². The van der Waals surface area contributed by atoms with Gasteiger partial charge in [-0.3, -0.25) is 4.79 Å². The molecule has 1 aliphatic carbocycles. The summed E-state index contributed by atoms with van der Waals surface area (Å²) in [6.07, 6.45) is 4.50. The number of rotatable bonds is 5. The van der Waals surface area contributed by atoms with Gasteiger partial charge in [-0.1, -0.05) is 23.7 Å². The summed E-state index contributed by atoms with van der Waals surface area (Å²) in [7, 11) is 1.60. The Labute approximate surface area is 175 Å². The normalized spacial score (nSPS) is 12.8. The molecule has 1 amide bonds. The molecule has 148 valence electrons. The summed E-state index contributed by atoms with van der Waals surface area (Å²) in [6, 6.07) is 18.4. The molecule has 0 saturated heterocycles. The Morgan fingerprint density at radius 3 is 2.55 bits per heavy atom. The number of fused-ring (bicyclic) bond motifs is 1. The molecule has 0 bridgehead atoms. The van der Waals surface area contributed by atoms with Crippen LogP contribution in [0.4, 0.5) is 5.69 Å². The monoisotopic (exact) mass is 407 g/mol. The molecule has 4 nitrogen and oxygen atoms in total. The number of carbonyl (C=O) groups is 1. The number of methoxy groups -OCH3 is 1. The number of hydrogen-bond donors (Lipinski definition) is 1. The zero-order valence-corrected chi connectivity index (χ0v) is 17.0. The summed E-state index contributed by atoms with van der Waals surface area (Å²) in [4.78, 5) is 12.9. The Hall–Kier alpha value is -2.98. The first-order valence-electron chi connectivity index (χ1n) is 9.67. The number of carbonyl (C=O) groups excluding carboxylic acids is 1. The van der Waals surface area contributed by atoms with Crippen molar-refractivity contribution in [2.45, 2.75) is 25.7 Å². The lowest BCUT2D eigenvalue weighted by Crippen LogP contribution is -2.14. The van der Waals surface area contributed by atoms with E-state index in [4.69, 9.17) is 21.1 Å². The molecule has 5 heteroatoms. The Balaban J connectivity index is 1.58. The first kappa shape index (κ1) is 19.3. The van der Waals surface area contributed by atoms with E-state index >= 15 is 0 Å². The standard InChI is InChI=1S/C24H22ClNO3/c1-28-20-7-4-8-21(15-20)29-23-12-11-19(25)14-22(23)26-24(27)18-10-9-16-5-2-3-6-17(16)13-18/h4,7-15H,2-3,5-6H2,1H3,(H,26,27). The average Bonchev–Trinajstić information content (AvgIpc) is 2.75. The second kappa shape index (κ2) is 8.58. The average molecular weight is 408 g/mol. The highest BCUT2D eigenvalue weighted by atomic mass is 35.5. The first-order valence-corrected chi connectivity index (χ1v) is 10.0. The van der Waals surface area contributed by atoms with Gasteiger partial charge in [-0.15, -0.1) is 0 Å². The summed E-state index contributed by atoms with van der Waals surface area (Å²) >= 11 is 6.16. The van der Waals surface area contributed by atoms with Crippen molar-refractivity contribution in [1.29, 1.82) is 0 Å². The molecule has 0 aliphatic heterocycles. The number of benzene rings is 3. The number of halogens is 1. The Bertz CT molecular complexity index is 1050. The van der Waals surface area contributed by atoms with Crippen molar-refractivity contribution in [2.75, 3.05) is 12.4 Å². The van der Waals surface area contributed by atoms with Crippen LogP contribution in [-0.2, 0) is 12.8 Å². The topological polar surface area (TPSA) is 47.6 Å². The summed E-state index contributed by atoms with van der Waals surface area (Å²) in [5.74, 6) is 1.62. The van der Waals surface area contributed by atoms with E-state index in [-0.39, 0.29) is 5.91 Å². The highest BCUT2D eigenvalue weighted by molar-refractivity contribution is 6.31. The molecule has 0 saturated carbocycles. The highest BCUT2D eigenvalue weighted by Gasteiger charge is 2.15. The van der Waals surface area contributed by atoms with Gasteiger partial charge >= 0.3 is 0 Å². The molecular weight excluding hydrogens is 386 g/mol. The van der Waals surface area contributed by atoms with Gasteiger partial charge < -0.3 is 14.8 Å². The minimum atomic E-state index is -0.184. The quantitative estimate of drug-likeness (QED) is 0.542. The first-order chi connectivity index (χ1) is 14.1. The molecule has 0 heterocycles. The summed E-state index contributed by atoms with van der Waals surface area (Å²) < 4.78 is 11.2. The van der Waals surface area contributed by atoms with Gasteiger partial charge in [0, 0.05) is 16.7 Å². The van der Waals surface area contributed by atoms with Crippen LogP contribution in [0, 0.1) is 0 Å². The van der Waals surface area contributed by atoms with Gasteiger partial charge in [0.2, 0.25) is 0 Å². The number of ether oxygens (including phenoxy) is 2. The van der Waals surface area contributed by atoms with Crippen molar-refractivity contribution >= 4 is 23.2 Å². The van der Waals surface area contributed by atoms with Gasteiger partial charge in [0.25, 0.3) is 5.91 Å². The zero-order chi connectivity index (χ0) is 20.2. The predicted molar refractivity (Wildman–Crippen MR) is 116 cm³/mol. The van der Waals surface area contributed by atoms with Gasteiger partial charge in [0.1, 0.15) is 11.5 Å². The molecule has 4 rings (SSSR count). The van der Waals surface area contributed by atoms with E-state index in [0.29, 0.717) is 33.5 Å². The molecule has 0 aromatic heterocycles. The largest absolute Gasteiger partial charge is 0.497 e. The van der Waals surface area contributed by atoms with Crippen LogP contribution in [0.5, 0.6) is 17.2 Å². The van der Waals surface area contributed by atoms with Gasteiger partial charge in [0.05, 0.1) is 12.8 Å². The molecule has 0 atom stereocenters. The summed E-state index contributed by atoms with van der Waals surface area (Å²) in [6.45, 7) is 0. The summed E-state index contributed by atoms with van der Waals surface area (Å²) in [5.41, 5.74) is 3.77. The zero-order valence-electron chi connectivity index (χ0n) is 16.2. The molecule has 0 spiro atoms. The Kier molecular flexibility index (Phi) is 5.72. The van der Waals surface area contributed by atoms with E-state index < -0.39 is 0 Å². The number of amides is 1. The maximum atomic E-state index is 12.9. The van der Waals surface area contributed by atoms with E-state index in [0.717, 1.165) is 12.8 Å². The van der Waals surface area contributed by atoms with Gasteiger partial charge in [-0.05, 0) is 79.3 Å². The van der Waals surface area contributed by atoms with E-state index in [2.05, 4.69) is 11.4 Å². The van der Waals surface area contributed by atoms with Crippen LogP contribution in [0.15, 0.2) is 60.7 Å². The van der Waals surface area contributed by atoms with Crippen molar-refractivity contribution in [3.05, 3.63) is 82.4 Å². The predicted octanol–water partition coefficient (Wildman–Crippen LogP) is 6.27. The maximum absolute atomic E-state index is 12.9. The number of hydrogen-bond acceptors (Lipinski definition) is 3. The molecule has 1 N–H and O–H groups in total. The van der Waals surface area contributed by atoms with Crippen molar-refractivity contribution in [3.8, 4) is 17.2 Å². The van der Waals surface area contributed by atoms with Crippen LogP contribution >= 0.6 is 11.6 Å². The second-order valence-corrected chi connectivity index (χ2v) is 7.50. The van der Waals surface area contributed by atoms with Crippen LogP contribution in [0.1, 0.15) is 34.3 Å². The Morgan fingerprint density at radius 1 is 0.931 bits per heavy atom. The fourth-order valence-corrected chi connectivity index (χ4v) is 3.72. The number of nitrogens with one attached hydrogen (secondary N) is 1. The molecule has 0 radical (unpaired) electrons. The maximum Gasteiger partial charge on any atom is 0.255 e. The molecular formula is C24H22ClNO3. The van der Waals surface area contributed by atoms with Crippen molar-refractivity contribution in [1.82, 2.24) is 0 Å². The van der Waals surface area contributed by atoms with Crippen LogP contribution in [0.25, 0.3) is 0 Å². The minimum Gasteiger partial charge on any atom is -0.497 e. The van der Waals surface area contributed by atoms with Gasteiger partial charge in [-0.25, -0.2) is 0 Å². The van der Waals surface area contributed by atoms with Crippen molar-refractivity contribution < 1.29 is 14.3 Å². The third-order valence-electron chi connectivity index (χ3n) is 5.07. The second-order valence-electron chi connectivity index (χ2n) is 7.07. The number of aryl methyl sites for hydroxylation is 2. The Morgan fingerprint density at radius 2 is 1.72 bits per heavy atom. The third-order valence-corrected chi connectivity index (χ3v) is 5.30. The molecule has 29 heavy (non-hydrogen) atoms. The molecule has 0 unspecified atom stereocenters. The SMILES string of the molecule is COc1cccc(Oc2ccc(Cl)cc2NC(=O)c2ccc3c(c2)CCCC3)c1. The van der Waals surface area contributed by atoms with Crippen LogP contribution < -0.4 is 14.8 Å². The lowest BCUT2D eigenvalue weighted by molar-refractivity contribution is 0.102. The number of anilines is 1. The van der Waals surface area contributed by atoms with E-state index in [1.165, 1.54) is 24.0 Å². The van der Waals surface area contributed by atoms with E-state index in [9.17, 15) is 4.79 Å². The molecule has 3 aromatic rings. The fourth-order valence-electron chi connectivity index (χ4n) is 3.55. The van der Waals surface area contributed by atoms with E-state index in [1.54, 1.807) is 31.4 Å². The molecule has 0 fully saturated rings. The van der Waals surface area contributed by atoms with Gasteiger partial charge in [0.15, 0.2) is 5.75 Å². The summed E-state index contributed by atoms with van der Waals surface area (Å²) in [5, 5.41) is 3.46. The smallest absolute Gasteiger partial charge is 0.255 e. The molecule has 3 aromatic carbocycles. The van der Waals surface area contributed by atoms with Crippen molar-refractivity contribution in [2.24, 2.45) is 0 Å². The fraction of sp³-hybridized carbons (Fsp3) is 0.208. The van der Waals surface area contributed by atoms with Crippen LogP contribution in [0.3, 0.4) is 0 Å². The van der Waals surface area contributed by atoms with Gasteiger partial charge in [-0.2, -0.15) is 0 Å². The highest BCUT2D eigenvalue weighted by Crippen LogP contribution is 2.33. The van der Waals surface area contributed by atoms with E-state index in [1.807, 2.05) is 30.3 Å². The lowest BCUT2D eigenvalue weighted by Gasteiger charge is -2.17. The minimum absolute atomic E-state index is 0.184. The lowest BCUT2D eigenvalue weighted by atomic mass is 9.90. The molecule has 1 aliphatic rings. The third kappa shape index (κ3) is 4.54.